The minimum Gasteiger partial charge on any atom is -0.423 e. The van der Waals surface area contributed by atoms with Crippen LogP contribution in [0.2, 0.25) is 0 Å². The van der Waals surface area contributed by atoms with Crippen molar-refractivity contribution in [1.82, 2.24) is 9.97 Å². The molecule has 0 unspecified atom stereocenters. The number of para-hydroxylation sites is 1. The van der Waals surface area contributed by atoms with Crippen molar-refractivity contribution in [3.63, 3.8) is 0 Å². The van der Waals surface area contributed by atoms with Gasteiger partial charge in [0, 0.05) is 29.3 Å². The van der Waals surface area contributed by atoms with Gasteiger partial charge in [0.25, 0.3) is 5.69 Å². The highest BCUT2D eigenvalue weighted by molar-refractivity contribution is 5.92. The van der Waals surface area contributed by atoms with Crippen molar-refractivity contribution in [2.45, 2.75) is 0 Å². The van der Waals surface area contributed by atoms with Gasteiger partial charge in [-0.25, -0.2) is 14.8 Å². The number of benzene rings is 3. The first-order chi connectivity index (χ1) is 14.1. The number of non-ortho nitro benzene ring substituents is 1. The summed E-state index contributed by atoms with van der Waals surface area (Å²) in [6.07, 6.45) is 1.48. The molecule has 0 fully saturated rings. The Morgan fingerprint density at radius 3 is 2.55 bits per heavy atom. The van der Waals surface area contributed by atoms with E-state index in [4.69, 9.17) is 4.74 Å². The van der Waals surface area contributed by atoms with Crippen LogP contribution in [-0.4, -0.2) is 20.9 Å². The predicted molar refractivity (Wildman–Crippen MR) is 107 cm³/mol. The molecule has 142 valence electrons. The van der Waals surface area contributed by atoms with Crippen molar-refractivity contribution in [1.29, 1.82) is 0 Å². The topological polar surface area (TPSA) is 107 Å². The molecule has 8 heteroatoms. The molecule has 0 spiro atoms. The van der Waals surface area contributed by atoms with Crippen molar-refractivity contribution in [3.05, 3.63) is 94.8 Å². The normalized spacial score (nSPS) is 10.5. The number of nitrogens with zero attached hydrogens (tertiary/aromatic N) is 3. The van der Waals surface area contributed by atoms with Crippen LogP contribution in [0.3, 0.4) is 0 Å². The Morgan fingerprint density at radius 2 is 1.76 bits per heavy atom. The van der Waals surface area contributed by atoms with Crippen molar-refractivity contribution >= 4 is 34.1 Å². The van der Waals surface area contributed by atoms with Crippen molar-refractivity contribution < 1.29 is 14.5 Å². The SMILES string of the molecule is O=C(Oc1cccc(Nc2ncnc3ccccc23)c1)c1ccc([N+](=O)[O-])cc1. The summed E-state index contributed by atoms with van der Waals surface area (Å²) in [5.41, 5.74) is 1.62. The van der Waals surface area contributed by atoms with Gasteiger partial charge in [-0.2, -0.15) is 0 Å². The number of anilines is 2. The van der Waals surface area contributed by atoms with E-state index in [2.05, 4.69) is 15.3 Å². The second kappa shape index (κ2) is 7.73. The molecule has 0 amide bonds. The molecule has 0 aliphatic rings. The summed E-state index contributed by atoms with van der Waals surface area (Å²) in [6.45, 7) is 0. The van der Waals surface area contributed by atoms with E-state index < -0.39 is 10.9 Å². The minimum atomic E-state index is -0.607. The maximum Gasteiger partial charge on any atom is 0.343 e. The third-order valence-electron chi connectivity index (χ3n) is 4.16. The molecular formula is C21H14N4O4. The van der Waals surface area contributed by atoms with Gasteiger partial charge in [-0.15, -0.1) is 0 Å². The second-order valence-corrected chi connectivity index (χ2v) is 6.09. The number of nitrogens with one attached hydrogen (secondary N) is 1. The molecule has 0 bridgehead atoms. The fraction of sp³-hybridized carbons (Fsp3) is 0. The van der Waals surface area contributed by atoms with Crippen LogP contribution in [0, 0.1) is 10.1 Å². The van der Waals surface area contributed by atoms with Crippen LogP contribution in [0.4, 0.5) is 17.2 Å². The van der Waals surface area contributed by atoms with E-state index >= 15 is 0 Å². The zero-order chi connectivity index (χ0) is 20.2. The first kappa shape index (κ1) is 18.1. The van der Waals surface area contributed by atoms with Crippen molar-refractivity contribution in [3.8, 4) is 5.75 Å². The number of ether oxygens (including phenoxy) is 1. The fourth-order valence-electron chi connectivity index (χ4n) is 2.76. The Hall–Kier alpha value is -4.33. The van der Waals surface area contributed by atoms with Gasteiger partial charge in [-0.05, 0) is 36.4 Å². The number of hydrogen-bond acceptors (Lipinski definition) is 7. The average Bonchev–Trinajstić information content (AvgIpc) is 2.74. The Kier molecular flexibility index (Phi) is 4.81. The van der Waals surface area contributed by atoms with Crippen LogP contribution in [0.5, 0.6) is 5.75 Å². The summed E-state index contributed by atoms with van der Waals surface area (Å²) in [5.74, 6) is 0.357. The van der Waals surface area contributed by atoms with Crippen LogP contribution in [0.15, 0.2) is 79.1 Å². The van der Waals surface area contributed by atoms with Crippen LogP contribution in [0.1, 0.15) is 10.4 Å². The molecular weight excluding hydrogens is 372 g/mol. The monoisotopic (exact) mass is 386 g/mol. The molecule has 4 rings (SSSR count). The molecule has 1 aromatic heterocycles. The summed E-state index contributed by atoms with van der Waals surface area (Å²) in [5, 5.41) is 14.8. The maximum atomic E-state index is 12.3. The van der Waals surface area contributed by atoms with Gasteiger partial charge in [-0.1, -0.05) is 18.2 Å². The van der Waals surface area contributed by atoms with Gasteiger partial charge in [0.1, 0.15) is 17.9 Å². The molecule has 29 heavy (non-hydrogen) atoms. The number of hydrogen-bond donors (Lipinski definition) is 1. The highest BCUT2D eigenvalue weighted by Gasteiger charge is 2.12. The van der Waals surface area contributed by atoms with Gasteiger partial charge in [-0.3, -0.25) is 10.1 Å². The first-order valence-corrected chi connectivity index (χ1v) is 8.63. The van der Waals surface area contributed by atoms with E-state index in [1.165, 1.54) is 30.6 Å². The molecule has 0 radical (unpaired) electrons. The van der Waals surface area contributed by atoms with Gasteiger partial charge in [0.15, 0.2) is 0 Å². The van der Waals surface area contributed by atoms with E-state index in [1.807, 2.05) is 30.3 Å². The number of esters is 1. The fourth-order valence-corrected chi connectivity index (χ4v) is 2.76. The minimum absolute atomic E-state index is 0.0928. The largest absolute Gasteiger partial charge is 0.423 e. The lowest BCUT2D eigenvalue weighted by Crippen LogP contribution is -2.08. The Balaban J connectivity index is 1.52. The number of nitro benzene ring substituents is 1. The van der Waals surface area contributed by atoms with E-state index in [0.717, 1.165) is 10.9 Å². The molecule has 0 aliphatic heterocycles. The highest BCUT2D eigenvalue weighted by atomic mass is 16.6. The molecule has 0 aliphatic carbocycles. The second-order valence-electron chi connectivity index (χ2n) is 6.09. The molecule has 3 aromatic carbocycles. The quantitative estimate of drug-likeness (QED) is 0.233. The number of nitro groups is 1. The van der Waals surface area contributed by atoms with Crippen LogP contribution >= 0.6 is 0 Å². The summed E-state index contributed by atoms with van der Waals surface area (Å²) in [6, 6.07) is 19.7. The Morgan fingerprint density at radius 1 is 0.966 bits per heavy atom. The molecule has 1 heterocycles. The zero-order valence-corrected chi connectivity index (χ0v) is 15.0. The number of carbonyl (C=O) groups excluding carboxylic acids is 1. The zero-order valence-electron chi connectivity index (χ0n) is 15.0. The van der Waals surface area contributed by atoms with Crippen molar-refractivity contribution in [2.75, 3.05) is 5.32 Å². The lowest BCUT2D eigenvalue weighted by Gasteiger charge is -2.10. The standard InChI is InChI=1S/C21H14N4O4/c26-21(14-8-10-16(11-9-14)25(27)28)29-17-5-3-4-15(12-17)24-20-18-6-1-2-7-19(18)22-13-23-20/h1-13H,(H,22,23,24). The first-order valence-electron chi connectivity index (χ1n) is 8.63. The summed E-state index contributed by atoms with van der Waals surface area (Å²) < 4.78 is 5.39. The summed E-state index contributed by atoms with van der Waals surface area (Å²) >= 11 is 0. The molecule has 4 aromatic rings. The number of carbonyl (C=O) groups is 1. The number of aromatic nitrogens is 2. The predicted octanol–water partition coefficient (Wildman–Crippen LogP) is 4.50. The lowest BCUT2D eigenvalue weighted by atomic mass is 10.2. The summed E-state index contributed by atoms with van der Waals surface area (Å²) in [7, 11) is 0. The molecule has 0 atom stereocenters. The van der Waals surface area contributed by atoms with Gasteiger partial charge in [0.05, 0.1) is 16.0 Å². The van der Waals surface area contributed by atoms with E-state index in [1.54, 1.807) is 18.2 Å². The van der Waals surface area contributed by atoms with Crippen molar-refractivity contribution in [2.24, 2.45) is 0 Å². The summed E-state index contributed by atoms with van der Waals surface area (Å²) in [4.78, 5) is 31.0. The van der Waals surface area contributed by atoms with Gasteiger partial charge < -0.3 is 10.1 Å². The van der Waals surface area contributed by atoms with E-state index in [0.29, 0.717) is 17.3 Å². The van der Waals surface area contributed by atoms with Crippen LogP contribution < -0.4 is 10.1 Å². The third-order valence-corrected chi connectivity index (χ3v) is 4.16. The number of fused-ring (bicyclic) bond motifs is 1. The Bertz CT molecular complexity index is 1200. The lowest BCUT2D eigenvalue weighted by molar-refractivity contribution is -0.384. The van der Waals surface area contributed by atoms with E-state index in [9.17, 15) is 14.9 Å². The molecule has 0 saturated heterocycles. The van der Waals surface area contributed by atoms with E-state index in [-0.39, 0.29) is 11.3 Å². The smallest absolute Gasteiger partial charge is 0.343 e. The molecule has 8 nitrogen and oxygen atoms in total. The maximum absolute atomic E-state index is 12.3. The molecule has 0 saturated carbocycles. The molecule has 1 N–H and O–H groups in total. The highest BCUT2D eigenvalue weighted by Crippen LogP contribution is 2.25. The van der Waals surface area contributed by atoms with Gasteiger partial charge >= 0.3 is 5.97 Å². The Labute approximate surface area is 165 Å². The van der Waals surface area contributed by atoms with Crippen LogP contribution in [-0.2, 0) is 0 Å². The third kappa shape index (κ3) is 4.01. The van der Waals surface area contributed by atoms with Crippen LogP contribution in [0.25, 0.3) is 10.9 Å². The van der Waals surface area contributed by atoms with Gasteiger partial charge in [0.2, 0.25) is 0 Å². The average molecular weight is 386 g/mol. The number of rotatable bonds is 5.